The molecule has 0 unspecified atom stereocenters. The van der Waals surface area contributed by atoms with Crippen molar-refractivity contribution in [3.63, 3.8) is 0 Å². The number of aromatic nitrogens is 2. The molecule has 2 aromatic heterocycles. The highest BCUT2D eigenvalue weighted by Crippen LogP contribution is 2.23. The van der Waals surface area contributed by atoms with Gasteiger partial charge in [-0.3, -0.25) is 19.6 Å². The minimum absolute atomic E-state index is 0.0640. The number of hydrogen-bond donors (Lipinski definition) is 1. The Labute approximate surface area is 151 Å². The standard InChI is InChI=1S/C17H15N3O7/c1-9-17(20(24)25)10(2)19(18-9)7-16(23)26-8-11-5-15(22)27-14-6-12(21)3-4-13(11)14/h3-6,21H,7-8H2,1-2H3. The third-order valence-corrected chi connectivity index (χ3v) is 4.01. The zero-order valence-corrected chi connectivity index (χ0v) is 14.5. The molecule has 1 aromatic carbocycles. The van der Waals surface area contributed by atoms with Gasteiger partial charge in [0.2, 0.25) is 0 Å². The van der Waals surface area contributed by atoms with E-state index in [-0.39, 0.29) is 41.6 Å². The van der Waals surface area contributed by atoms with Gasteiger partial charge in [0, 0.05) is 23.1 Å². The van der Waals surface area contributed by atoms with Gasteiger partial charge in [0.25, 0.3) is 0 Å². The maximum atomic E-state index is 12.1. The van der Waals surface area contributed by atoms with E-state index in [1.165, 1.54) is 36.7 Å². The number of phenolic OH excluding ortho intramolecular Hbond substituents is 1. The highest BCUT2D eigenvalue weighted by molar-refractivity contribution is 5.81. The van der Waals surface area contributed by atoms with E-state index in [9.17, 15) is 24.8 Å². The van der Waals surface area contributed by atoms with Gasteiger partial charge in [-0.1, -0.05) is 0 Å². The second-order valence-corrected chi connectivity index (χ2v) is 5.87. The van der Waals surface area contributed by atoms with Gasteiger partial charge in [-0.25, -0.2) is 4.79 Å². The number of carbonyl (C=O) groups excluding carboxylic acids is 1. The number of fused-ring (bicyclic) bond motifs is 1. The number of rotatable bonds is 5. The number of ether oxygens (including phenoxy) is 1. The number of nitro groups is 1. The number of esters is 1. The summed E-state index contributed by atoms with van der Waals surface area (Å²) in [6.45, 7) is 2.47. The lowest BCUT2D eigenvalue weighted by atomic mass is 10.1. The molecule has 1 N–H and O–H groups in total. The van der Waals surface area contributed by atoms with Crippen LogP contribution in [0.25, 0.3) is 11.0 Å². The predicted molar refractivity (Wildman–Crippen MR) is 92.3 cm³/mol. The summed E-state index contributed by atoms with van der Waals surface area (Å²) in [6, 6.07) is 5.45. The average molecular weight is 373 g/mol. The number of hydrogen-bond acceptors (Lipinski definition) is 8. The van der Waals surface area contributed by atoms with Crippen molar-refractivity contribution in [2.75, 3.05) is 0 Å². The Morgan fingerprint density at radius 1 is 1.37 bits per heavy atom. The predicted octanol–water partition coefficient (Wildman–Crippen LogP) is 1.96. The van der Waals surface area contributed by atoms with Crippen molar-refractivity contribution in [3.05, 3.63) is 61.8 Å². The molecule has 0 fully saturated rings. The number of aromatic hydroxyl groups is 1. The Balaban J connectivity index is 1.77. The van der Waals surface area contributed by atoms with E-state index < -0.39 is 16.5 Å². The molecule has 0 aliphatic heterocycles. The lowest BCUT2D eigenvalue weighted by Gasteiger charge is -2.08. The van der Waals surface area contributed by atoms with Crippen molar-refractivity contribution in [3.8, 4) is 5.75 Å². The summed E-state index contributed by atoms with van der Waals surface area (Å²) in [5, 5.41) is 25.0. The van der Waals surface area contributed by atoms with E-state index in [1.54, 1.807) is 6.07 Å². The second-order valence-electron chi connectivity index (χ2n) is 5.87. The molecule has 140 valence electrons. The van der Waals surface area contributed by atoms with E-state index in [0.29, 0.717) is 10.9 Å². The SMILES string of the molecule is Cc1nn(CC(=O)OCc2cc(=O)oc3cc(O)ccc23)c(C)c1[N+](=O)[O-]. The fraction of sp³-hybridized carbons (Fsp3) is 0.235. The number of nitrogens with zero attached hydrogens (tertiary/aromatic N) is 3. The minimum Gasteiger partial charge on any atom is -0.508 e. The molecule has 3 rings (SSSR count). The first-order valence-corrected chi connectivity index (χ1v) is 7.86. The molecular formula is C17H15N3O7. The van der Waals surface area contributed by atoms with E-state index >= 15 is 0 Å². The molecule has 2 heterocycles. The van der Waals surface area contributed by atoms with Gasteiger partial charge in [-0.2, -0.15) is 5.10 Å². The van der Waals surface area contributed by atoms with Gasteiger partial charge in [-0.05, 0) is 26.0 Å². The molecule has 0 radical (unpaired) electrons. The lowest BCUT2D eigenvalue weighted by Crippen LogP contribution is -2.16. The Kier molecular flexibility index (Phi) is 4.63. The molecule has 0 spiro atoms. The summed E-state index contributed by atoms with van der Waals surface area (Å²) in [4.78, 5) is 34.2. The van der Waals surface area contributed by atoms with Crippen molar-refractivity contribution >= 4 is 22.6 Å². The fourth-order valence-corrected chi connectivity index (χ4v) is 2.77. The Bertz CT molecular complexity index is 1110. The van der Waals surface area contributed by atoms with Crippen molar-refractivity contribution in [1.82, 2.24) is 9.78 Å². The molecule has 27 heavy (non-hydrogen) atoms. The highest BCUT2D eigenvalue weighted by Gasteiger charge is 2.23. The van der Waals surface area contributed by atoms with E-state index in [1.807, 2.05) is 0 Å². The lowest BCUT2D eigenvalue weighted by molar-refractivity contribution is -0.386. The van der Waals surface area contributed by atoms with Crippen LogP contribution in [0.15, 0.2) is 33.5 Å². The zero-order valence-electron chi connectivity index (χ0n) is 14.5. The number of phenols is 1. The molecule has 0 amide bonds. The highest BCUT2D eigenvalue weighted by atomic mass is 16.6. The molecule has 10 nitrogen and oxygen atoms in total. The molecule has 0 atom stereocenters. The minimum atomic E-state index is -0.671. The average Bonchev–Trinajstić information content (AvgIpc) is 2.85. The van der Waals surface area contributed by atoms with Crippen LogP contribution in [0.5, 0.6) is 5.75 Å². The van der Waals surface area contributed by atoms with Crippen LogP contribution in [0.3, 0.4) is 0 Å². The maximum absolute atomic E-state index is 12.1. The van der Waals surface area contributed by atoms with Crippen LogP contribution in [0.2, 0.25) is 0 Å². The van der Waals surface area contributed by atoms with Crippen molar-refractivity contribution < 1.29 is 24.0 Å². The van der Waals surface area contributed by atoms with Crippen LogP contribution in [0, 0.1) is 24.0 Å². The Hall–Kier alpha value is -3.69. The third-order valence-electron chi connectivity index (χ3n) is 4.01. The summed E-state index contributed by atoms with van der Waals surface area (Å²) in [7, 11) is 0. The summed E-state index contributed by atoms with van der Waals surface area (Å²) in [5.74, 6) is -0.735. The van der Waals surface area contributed by atoms with Gasteiger partial charge in [0.15, 0.2) is 0 Å². The maximum Gasteiger partial charge on any atom is 0.336 e. The van der Waals surface area contributed by atoms with Gasteiger partial charge in [0.1, 0.15) is 35.9 Å². The van der Waals surface area contributed by atoms with Gasteiger partial charge in [0.05, 0.1) is 4.92 Å². The number of carbonyl (C=O) groups is 1. The first-order valence-electron chi connectivity index (χ1n) is 7.86. The molecule has 3 aromatic rings. The molecule has 0 bridgehead atoms. The Morgan fingerprint density at radius 3 is 2.78 bits per heavy atom. The van der Waals surface area contributed by atoms with Crippen LogP contribution in [0.4, 0.5) is 5.69 Å². The first kappa shape index (κ1) is 18.1. The van der Waals surface area contributed by atoms with E-state index in [4.69, 9.17) is 9.15 Å². The van der Waals surface area contributed by atoms with Crippen LogP contribution in [0.1, 0.15) is 17.0 Å². The number of aryl methyl sites for hydroxylation is 1. The monoisotopic (exact) mass is 373 g/mol. The van der Waals surface area contributed by atoms with E-state index in [0.717, 1.165) is 0 Å². The zero-order chi connectivity index (χ0) is 19.7. The molecule has 0 saturated heterocycles. The first-order chi connectivity index (χ1) is 12.8. The largest absolute Gasteiger partial charge is 0.508 e. The topological polar surface area (TPSA) is 138 Å². The van der Waals surface area contributed by atoms with Gasteiger partial charge in [-0.15, -0.1) is 0 Å². The van der Waals surface area contributed by atoms with Crippen molar-refractivity contribution in [2.24, 2.45) is 0 Å². The van der Waals surface area contributed by atoms with Crippen LogP contribution < -0.4 is 5.63 Å². The van der Waals surface area contributed by atoms with E-state index in [2.05, 4.69) is 5.10 Å². The quantitative estimate of drug-likeness (QED) is 0.310. The fourth-order valence-electron chi connectivity index (χ4n) is 2.77. The van der Waals surface area contributed by atoms with Crippen LogP contribution in [-0.4, -0.2) is 25.8 Å². The molecule has 0 aliphatic carbocycles. The van der Waals surface area contributed by atoms with Crippen molar-refractivity contribution in [2.45, 2.75) is 27.0 Å². The third kappa shape index (κ3) is 3.64. The second kappa shape index (κ2) is 6.90. The molecule has 0 saturated carbocycles. The van der Waals surface area contributed by atoms with Crippen LogP contribution >= 0.6 is 0 Å². The normalized spacial score (nSPS) is 10.9. The smallest absolute Gasteiger partial charge is 0.336 e. The summed E-state index contributed by atoms with van der Waals surface area (Å²) in [5.41, 5.74) is 0.242. The number of benzene rings is 1. The Morgan fingerprint density at radius 2 is 2.11 bits per heavy atom. The van der Waals surface area contributed by atoms with Crippen molar-refractivity contribution in [1.29, 1.82) is 0 Å². The summed E-state index contributed by atoms with van der Waals surface area (Å²) >= 11 is 0. The van der Waals surface area contributed by atoms with Gasteiger partial charge < -0.3 is 14.3 Å². The summed E-state index contributed by atoms with van der Waals surface area (Å²) < 4.78 is 11.4. The molecule has 10 heteroatoms. The van der Waals surface area contributed by atoms with Gasteiger partial charge >= 0.3 is 17.3 Å². The molecule has 0 aliphatic rings. The van der Waals surface area contributed by atoms with Crippen LogP contribution in [-0.2, 0) is 22.7 Å². The molecular weight excluding hydrogens is 358 g/mol. The summed E-state index contributed by atoms with van der Waals surface area (Å²) in [6.07, 6.45) is 0.